The molecule has 2 N–H and O–H groups in total. The Morgan fingerprint density at radius 3 is 2.13 bits per heavy atom. The maximum absolute atomic E-state index is 10.6. The molecule has 0 heterocycles. The molecule has 4 nitrogen and oxygen atoms in total. The monoisotopic (exact) mass is 210 g/mol. The van der Waals surface area contributed by atoms with Crippen LogP contribution in [0.2, 0.25) is 0 Å². The lowest BCUT2D eigenvalue weighted by Gasteiger charge is -2.12. The number of aliphatic hydroxyl groups is 1. The van der Waals surface area contributed by atoms with Crippen molar-refractivity contribution in [3.05, 3.63) is 28.8 Å². The summed E-state index contributed by atoms with van der Waals surface area (Å²) in [4.78, 5) is 10.6. The van der Waals surface area contributed by atoms with E-state index in [1.807, 2.05) is 13.8 Å². The zero-order valence-corrected chi connectivity index (χ0v) is 8.94. The molecular weight excluding hydrogens is 196 g/mol. The van der Waals surface area contributed by atoms with E-state index in [1.165, 1.54) is 0 Å². The van der Waals surface area contributed by atoms with Gasteiger partial charge in [-0.25, -0.2) is 4.79 Å². The number of ether oxygens (including phenoxy) is 1. The Bertz CT molecular complexity index is 361. The van der Waals surface area contributed by atoms with Gasteiger partial charge in [0.15, 0.2) is 6.10 Å². The molecule has 0 saturated carbocycles. The highest BCUT2D eigenvalue weighted by Crippen LogP contribution is 2.27. The quantitative estimate of drug-likeness (QED) is 0.792. The minimum atomic E-state index is -1.48. The second kappa shape index (κ2) is 4.31. The first-order valence-electron chi connectivity index (χ1n) is 4.53. The lowest BCUT2D eigenvalue weighted by atomic mass is 10.0. The number of benzene rings is 1. The fourth-order valence-corrected chi connectivity index (χ4v) is 1.61. The van der Waals surface area contributed by atoms with Crippen molar-refractivity contribution in [1.82, 2.24) is 0 Å². The minimum Gasteiger partial charge on any atom is -0.496 e. The predicted molar refractivity (Wildman–Crippen MR) is 55.1 cm³/mol. The van der Waals surface area contributed by atoms with Gasteiger partial charge in [-0.1, -0.05) is 0 Å². The van der Waals surface area contributed by atoms with Crippen molar-refractivity contribution < 1.29 is 19.7 Å². The van der Waals surface area contributed by atoms with Crippen molar-refractivity contribution in [2.75, 3.05) is 7.11 Å². The van der Waals surface area contributed by atoms with E-state index in [4.69, 9.17) is 9.84 Å². The van der Waals surface area contributed by atoms with Crippen molar-refractivity contribution >= 4 is 5.97 Å². The maximum Gasteiger partial charge on any atom is 0.337 e. The number of carboxylic acid groups (broad SMARTS) is 1. The highest BCUT2D eigenvalue weighted by Gasteiger charge is 2.17. The molecule has 0 aromatic heterocycles. The first-order valence-corrected chi connectivity index (χ1v) is 4.53. The molecule has 0 aliphatic carbocycles. The topological polar surface area (TPSA) is 66.8 Å². The predicted octanol–water partition coefficient (Wildman–Crippen LogP) is 1.43. The Balaban J connectivity index is 3.19. The molecule has 0 amide bonds. The highest BCUT2D eigenvalue weighted by molar-refractivity contribution is 5.74. The van der Waals surface area contributed by atoms with Crippen molar-refractivity contribution in [3.63, 3.8) is 0 Å². The third-order valence-electron chi connectivity index (χ3n) is 2.24. The van der Waals surface area contributed by atoms with Crippen LogP contribution < -0.4 is 4.74 Å². The van der Waals surface area contributed by atoms with Crippen molar-refractivity contribution in [1.29, 1.82) is 0 Å². The number of rotatable bonds is 3. The average molecular weight is 210 g/mol. The van der Waals surface area contributed by atoms with E-state index in [1.54, 1.807) is 19.2 Å². The van der Waals surface area contributed by atoms with E-state index in [2.05, 4.69) is 0 Å². The SMILES string of the molecule is COc1c(C)cc([C@@H](O)C(=O)O)cc1C. The Labute approximate surface area is 88.1 Å². The summed E-state index contributed by atoms with van der Waals surface area (Å²) in [5.41, 5.74) is 2.00. The molecule has 1 rings (SSSR count). The van der Waals surface area contributed by atoms with Gasteiger partial charge in [-0.05, 0) is 42.7 Å². The van der Waals surface area contributed by atoms with Gasteiger partial charge >= 0.3 is 5.97 Å². The van der Waals surface area contributed by atoms with Crippen LogP contribution in [0.15, 0.2) is 12.1 Å². The van der Waals surface area contributed by atoms with E-state index in [-0.39, 0.29) is 0 Å². The molecule has 0 radical (unpaired) electrons. The minimum absolute atomic E-state index is 0.373. The molecule has 0 aliphatic rings. The molecule has 1 aromatic rings. The summed E-state index contributed by atoms with van der Waals surface area (Å²) >= 11 is 0. The lowest BCUT2D eigenvalue weighted by molar-refractivity contribution is -0.146. The number of aliphatic hydroxyl groups excluding tert-OH is 1. The van der Waals surface area contributed by atoms with Crippen molar-refractivity contribution in [2.45, 2.75) is 20.0 Å². The summed E-state index contributed by atoms with van der Waals surface area (Å²) in [5.74, 6) is -0.532. The van der Waals surface area contributed by atoms with E-state index in [9.17, 15) is 9.90 Å². The molecule has 0 aliphatic heterocycles. The molecule has 4 heteroatoms. The number of carbonyl (C=O) groups is 1. The van der Waals surface area contributed by atoms with E-state index < -0.39 is 12.1 Å². The van der Waals surface area contributed by atoms with Gasteiger partial charge in [0, 0.05) is 0 Å². The molecule has 0 spiro atoms. The third kappa shape index (κ3) is 2.27. The molecule has 1 aromatic carbocycles. The van der Waals surface area contributed by atoms with E-state index in [0.717, 1.165) is 16.9 Å². The van der Waals surface area contributed by atoms with Crippen LogP contribution in [0.1, 0.15) is 22.8 Å². The van der Waals surface area contributed by atoms with Gasteiger partial charge in [-0.15, -0.1) is 0 Å². The van der Waals surface area contributed by atoms with E-state index in [0.29, 0.717) is 5.56 Å². The van der Waals surface area contributed by atoms with Crippen LogP contribution in [0.5, 0.6) is 5.75 Å². The van der Waals surface area contributed by atoms with Crippen LogP contribution in [0.25, 0.3) is 0 Å². The van der Waals surface area contributed by atoms with Crippen LogP contribution in [-0.4, -0.2) is 23.3 Å². The molecule has 82 valence electrons. The van der Waals surface area contributed by atoms with Crippen LogP contribution in [0.4, 0.5) is 0 Å². The second-order valence-electron chi connectivity index (χ2n) is 3.43. The van der Waals surface area contributed by atoms with Crippen LogP contribution in [0, 0.1) is 13.8 Å². The van der Waals surface area contributed by atoms with Gasteiger partial charge in [0.05, 0.1) is 7.11 Å². The van der Waals surface area contributed by atoms with Gasteiger partial charge < -0.3 is 14.9 Å². The molecule has 0 saturated heterocycles. The summed E-state index contributed by atoms with van der Waals surface area (Å²) in [7, 11) is 1.56. The fraction of sp³-hybridized carbons (Fsp3) is 0.364. The molecule has 1 atom stereocenters. The molecule has 0 fully saturated rings. The van der Waals surface area contributed by atoms with Crippen molar-refractivity contribution in [2.24, 2.45) is 0 Å². The van der Waals surface area contributed by atoms with Crippen molar-refractivity contribution in [3.8, 4) is 5.75 Å². The zero-order chi connectivity index (χ0) is 11.6. The number of hydrogen-bond acceptors (Lipinski definition) is 3. The summed E-state index contributed by atoms with van der Waals surface area (Å²) in [5, 5.41) is 18.0. The van der Waals surface area contributed by atoms with Crippen LogP contribution >= 0.6 is 0 Å². The first-order chi connectivity index (χ1) is 6.97. The number of aliphatic carboxylic acids is 1. The molecule has 0 bridgehead atoms. The van der Waals surface area contributed by atoms with Crippen LogP contribution in [0.3, 0.4) is 0 Å². The van der Waals surface area contributed by atoms with Gasteiger partial charge in [0.2, 0.25) is 0 Å². The summed E-state index contributed by atoms with van der Waals surface area (Å²) in [6.07, 6.45) is -1.48. The normalized spacial score (nSPS) is 12.3. The fourth-order valence-electron chi connectivity index (χ4n) is 1.61. The number of aryl methyl sites for hydroxylation is 2. The number of methoxy groups -OCH3 is 1. The molecule has 0 unspecified atom stereocenters. The highest BCUT2D eigenvalue weighted by atomic mass is 16.5. The smallest absolute Gasteiger partial charge is 0.337 e. The summed E-state index contributed by atoms with van der Waals surface area (Å²) in [6, 6.07) is 3.23. The maximum atomic E-state index is 10.6. The third-order valence-corrected chi connectivity index (χ3v) is 2.24. The van der Waals surface area contributed by atoms with E-state index >= 15 is 0 Å². The number of carboxylic acids is 1. The van der Waals surface area contributed by atoms with Gasteiger partial charge in [-0.3, -0.25) is 0 Å². The average Bonchev–Trinajstić information content (AvgIpc) is 2.15. The van der Waals surface area contributed by atoms with Gasteiger partial charge in [0.1, 0.15) is 5.75 Å². The summed E-state index contributed by atoms with van der Waals surface area (Å²) < 4.78 is 5.14. The number of hydrogen-bond donors (Lipinski definition) is 2. The summed E-state index contributed by atoms with van der Waals surface area (Å²) in [6.45, 7) is 3.62. The Kier molecular flexibility index (Phi) is 3.31. The van der Waals surface area contributed by atoms with Gasteiger partial charge in [-0.2, -0.15) is 0 Å². The standard InChI is InChI=1S/C11H14O4/c1-6-4-8(9(12)11(13)14)5-7(2)10(6)15-3/h4-5,9,12H,1-3H3,(H,13,14)/t9-/m1/s1. The Morgan fingerprint density at radius 2 is 1.80 bits per heavy atom. The molecule has 15 heavy (non-hydrogen) atoms. The largest absolute Gasteiger partial charge is 0.496 e. The zero-order valence-electron chi connectivity index (χ0n) is 8.94. The Morgan fingerprint density at radius 1 is 1.33 bits per heavy atom. The molecular formula is C11H14O4. The Hall–Kier alpha value is -1.55. The van der Waals surface area contributed by atoms with Gasteiger partial charge in [0.25, 0.3) is 0 Å². The van der Waals surface area contributed by atoms with Crippen LogP contribution in [-0.2, 0) is 4.79 Å². The first kappa shape index (κ1) is 11.5. The lowest BCUT2D eigenvalue weighted by Crippen LogP contribution is -2.11. The second-order valence-corrected chi connectivity index (χ2v) is 3.43.